The Morgan fingerprint density at radius 3 is 2.72 bits per heavy atom. The number of amides is 3. The summed E-state index contributed by atoms with van der Waals surface area (Å²) >= 11 is 0. The second kappa shape index (κ2) is 9.34. The number of fused-ring (bicyclic) bond motifs is 1. The number of nitrogens with two attached hydrogens (primary N) is 1. The van der Waals surface area contributed by atoms with Crippen molar-refractivity contribution >= 4 is 18.0 Å². The molecule has 3 rings (SSSR count). The summed E-state index contributed by atoms with van der Waals surface area (Å²) in [6, 6.07) is 11.1. The molecule has 2 aromatic carbocycles. The molecule has 1 heterocycles. The lowest BCUT2D eigenvalue weighted by atomic mass is 9.96. The molecule has 6 nitrogen and oxygen atoms in total. The summed E-state index contributed by atoms with van der Waals surface area (Å²) < 4.78 is 13.0. The number of nitrogens with zero attached hydrogens (tertiary/aromatic N) is 2. The lowest BCUT2D eigenvalue weighted by Gasteiger charge is -2.29. The maximum atomic E-state index is 13.0. The van der Waals surface area contributed by atoms with Gasteiger partial charge in [0, 0.05) is 18.7 Å². The van der Waals surface area contributed by atoms with E-state index in [4.69, 9.17) is 5.73 Å². The number of rotatable bonds is 7. The van der Waals surface area contributed by atoms with E-state index in [-0.39, 0.29) is 18.3 Å². The topological polar surface area (TPSA) is 86.9 Å². The lowest BCUT2D eigenvalue weighted by molar-refractivity contribution is -0.0286. The minimum Gasteiger partial charge on any atom is -0.350 e. The predicted molar refractivity (Wildman–Crippen MR) is 108 cm³/mol. The van der Waals surface area contributed by atoms with Crippen LogP contribution in [-0.4, -0.2) is 46.7 Å². The summed E-state index contributed by atoms with van der Waals surface area (Å²) in [7, 11) is 0. The van der Waals surface area contributed by atoms with E-state index in [9.17, 15) is 19.2 Å². The fourth-order valence-corrected chi connectivity index (χ4v) is 3.38. The molecule has 0 aliphatic carbocycles. The van der Waals surface area contributed by atoms with Gasteiger partial charge >= 0.3 is 6.03 Å². The molecule has 3 amide bonds. The highest BCUT2D eigenvalue weighted by molar-refractivity contribution is 5.97. The van der Waals surface area contributed by atoms with Crippen LogP contribution in [-0.2, 0) is 12.8 Å². The highest BCUT2D eigenvalue weighted by Gasteiger charge is 2.23. The Labute approximate surface area is 169 Å². The van der Waals surface area contributed by atoms with E-state index < -0.39 is 6.03 Å². The highest BCUT2D eigenvalue weighted by Crippen LogP contribution is 2.21. The van der Waals surface area contributed by atoms with Crippen LogP contribution in [0.3, 0.4) is 0 Å². The molecule has 0 atom stereocenters. The van der Waals surface area contributed by atoms with E-state index in [2.05, 4.69) is 0 Å². The number of carbonyl (C=O) groups excluding carboxylic acids is 2. The van der Waals surface area contributed by atoms with Gasteiger partial charge in [0.15, 0.2) is 0 Å². The standard InChI is InChI=1S/C22H24FN3O3/c23-19-8-5-16(6-9-19)3-1-12-25-14-11-18-15-17(7-10-20(18)21(25)27)4-2-13-26(29)22(24)28/h2,4-10,15,29H,1,3,11-14H2,(H2,24,28). The van der Waals surface area contributed by atoms with Crippen LogP contribution < -0.4 is 5.73 Å². The summed E-state index contributed by atoms with van der Waals surface area (Å²) in [5.41, 5.74) is 8.60. The number of urea groups is 1. The fourth-order valence-electron chi connectivity index (χ4n) is 3.38. The second-order valence-electron chi connectivity index (χ2n) is 7.01. The van der Waals surface area contributed by atoms with Gasteiger partial charge in [-0.1, -0.05) is 36.4 Å². The second-order valence-corrected chi connectivity index (χ2v) is 7.01. The molecule has 0 spiro atoms. The third-order valence-corrected chi connectivity index (χ3v) is 4.95. The van der Waals surface area contributed by atoms with Crippen LogP contribution in [0.2, 0.25) is 0 Å². The van der Waals surface area contributed by atoms with Crippen LogP contribution in [0.5, 0.6) is 0 Å². The van der Waals surface area contributed by atoms with Crippen molar-refractivity contribution in [3.63, 3.8) is 0 Å². The molecule has 0 saturated heterocycles. The quantitative estimate of drug-likeness (QED) is 0.555. The Balaban J connectivity index is 1.56. The average Bonchev–Trinajstić information content (AvgIpc) is 2.71. The van der Waals surface area contributed by atoms with Crippen molar-refractivity contribution in [2.45, 2.75) is 19.3 Å². The molecule has 0 aromatic heterocycles. The number of carbonyl (C=O) groups is 2. The Hall–Kier alpha value is -3.19. The molecule has 0 radical (unpaired) electrons. The van der Waals surface area contributed by atoms with E-state index >= 15 is 0 Å². The number of hydroxylamine groups is 2. The van der Waals surface area contributed by atoms with E-state index in [0.29, 0.717) is 23.7 Å². The average molecular weight is 397 g/mol. The normalized spacial score (nSPS) is 13.6. The number of hydrogen-bond donors (Lipinski definition) is 2. The zero-order valence-electron chi connectivity index (χ0n) is 16.1. The van der Waals surface area contributed by atoms with Crippen LogP contribution in [0, 0.1) is 5.82 Å². The molecule has 0 saturated carbocycles. The van der Waals surface area contributed by atoms with Crippen LogP contribution in [0.15, 0.2) is 48.5 Å². The molecule has 152 valence electrons. The maximum absolute atomic E-state index is 13.0. The lowest BCUT2D eigenvalue weighted by Crippen LogP contribution is -2.38. The fraction of sp³-hybridized carbons (Fsp3) is 0.273. The monoisotopic (exact) mass is 397 g/mol. The van der Waals surface area contributed by atoms with E-state index in [1.165, 1.54) is 12.1 Å². The van der Waals surface area contributed by atoms with Gasteiger partial charge in [0.1, 0.15) is 5.82 Å². The van der Waals surface area contributed by atoms with Crippen molar-refractivity contribution in [3.8, 4) is 0 Å². The van der Waals surface area contributed by atoms with Gasteiger partial charge in [-0.25, -0.2) is 14.2 Å². The SMILES string of the molecule is NC(=O)N(O)CC=Cc1ccc2c(c1)CCN(CCCc1ccc(F)cc1)C2=O. The van der Waals surface area contributed by atoms with Crippen molar-refractivity contribution in [2.75, 3.05) is 19.6 Å². The first-order valence-electron chi connectivity index (χ1n) is 9.53. The Morgan fingerprint density at radius 1 is 1.24 bits per heavy atom. The van der Waals surface area contributed by atoms with Gasteiger partial charge in [-0.15, -0.1) is 0 Å². The van der Waals surface area contributed by atoms with Gasteiger partial charge in [0.2, 0.25) is 0 Å². The van der Waals surface area contributed by atoms with E-state index in [1.54, 1.807) is 24.3 Å². The summed E-state index contributed by atoms with van der Waals surface area (Å²) in [5, 5.41) is 9.68. The minimum atomic E-state index is -0.912. The predicted octanol–water partition coefficient (Wildman–Crippen LogP) is 3.24. The summed E-state index contributed by atoms with van der Waals surface area (Å²) in [5.74, 6) is -0.219. The molecule has 1 aliphatic rings. The Bertz CT molecular complexity index is 912. The van der Waals surface area contributed by atoms with Crippen molar-refractivity contribution < 1.29 is 19.2 Å². The van der Waals surface area contributed by atoms with Crippen LogP contribution in [0.25, 0.3) is 6.08 Å². The van der Waals surface area contributed by atoms with Crippen molar-refractivity contribution in [2.24, 2.45) is 5.73 Å². The third-order valence-electron chi connectivity index (χ3n) is 4.95. The van der Waals surface area contributed by atoms with Crippen LogP contribution >= 0.6 is 0 Å². The van der Waals surface area contributed by atoms with Crippen LogP contribution in [0.4, 0.5) is 9.18 Å². The molecule has 29 heavy (non-hydrogen) atoms. The molecule has 7 heteroatoms. The molecule has 0 fully saturated rings. The van der Waals surface area contributed by atoms with E-state index in [0.717, 1.165) is 36.0 Å². The van der Waals surface area contributed by atoms with Gasteiger partial charge in [-0.05, 0) is 54.2 Å². The Kier molecular flexibility index (Phi) is 6.61. The van der Waals surface area contributed by atoms with E-state index in [1.807, 2.05) is 23.1 Å². The Morgan fingerprint density at radius 2 is 2.00 bits per heavy atom. The smallest absolute Gasteiger partial charge is 0.338 e. The zero-order chi connectivity index (χ0) is 20.8. The first-order valence-corrected chi connectivity index (χ1v) is 9.53. The third kappa shape index (κ3) is 5.42. The summed E-state index contributed by atoms with van der Waals surface area (Å²) in [6.45, 7) is 1.32. The van der Waals surface area contributed by atoms with Crippen molar-refractivity contribution in [3.05, 3.63) is 76.6 Å². The highest BCUT2D eigenvalue weighted by atomic mass is 19.1. The molecule has 3 N–H and O–H groups in total. The van der Waals surface area contributed by atoms with Gasteiger partial charge < -0.3 is 10.6 Å². The number of benzene rings is 2. The van der Waals surface area contributed by atoms with Gasteiger partial charge in [0.05, 0.1) is 6.54 Å². The largest absolute Gasteiger partial charge is 0.350 e. The van der Waals surface area contributed by atoms with Crippen molar-refractivity contribution in [1.82, 2.24) is 9.96 Å². The van der Waals surface area contributed by atoms with Crippen LogP contribution in [0.1, 0.15) is 33.5 Å². The first kappa shape index (κ1) is 20.5. The number of aryl methyl sites for hydroxylation is 1. The molecular formula is C22H24FN3O3. The maximum Gasteiger partial charge on any atom is 0.338 e. The summed E-state index contributed by atoms with van der Waals surface area (Å²) in [6.07, 6.45) is 5.79. The molecule has 0 unspecified atom stereocenters. The van der Waals surface area contributed by atoms with Gasteiger partial charge in [0.25, 0.3) is 5.91 Å². The molecule has 0 bridgehead atoms. The number of halogens is 1. The zero-order valence-corrected chi connectivity index (χ0v) is 16.1. The summed E-state index contributed by atoms with van der Waals surface area (Å²) in [4.78, 5) is 25.4. The first-order chi connectivity index (χ1) is 13.9. The minimum absolute atomic E-state index is 0.00676. The van der Waals surface area contributed by atoms with Gasteiger partial charge in [-0.2, -0.15) is 0 Å². The number of primary amides is 1. The van der Waals surface area contributed by atoms with Crippen molar-refractivity contribution in [1.29, 1.82) is 0 Å². The number of hydrogen-bond acceptors (Lipinski definition) is 3. The molecular weight excluding hydrogens is 373 g/mol. The van der Waals surface area contributed by atoms with Gasteiger partial charge in [-0.3, -0.25) is 10.0 Å². The molecule has 2 aromatic rings. The molecule has 1 aliphatic heterocycles.